The van der Waals surface area contributed by atoms with E-state index in [1.54, 1.807) is 35.6 Å². The number of hydrazine groups is 1. The van der Waals surface area contributed by atoms with Crippen LogP contribution in [0.2, 0.25) is 0 Å². The summed E-state index contributed by atoms with van der Waals surface area (Å²) < 4.78 is 0. The number of rotatable bonds is 10. The van der Waals surface area contributed by atoms with Crippen LogP contribution in [0.4, 0.5) is 5.69 Å². The minimum atomic E-state index is -1.08. The van der Waals surface area contributed by atoms with E-state index in [0.29, 0.717) is 25.1 Å². The molecule has 2 aromatic carbocycles. The maximum atomic E-state index is 13.4. The maximum Gasteiger partial charge on any atom is 0.310 e. The number of nitrogens with two attached hydrogens (primary N) is 1. The fourth-order valence-electron chi connectivity index (χ4n) is 4.23. The molecule has 11 heteroatoms. The molecular weight excluding hydrogens is 476 g/mol. The number of likely N-dealkylation sites (tertiary alicyclic amines) is 1. The van der Waals surface area contributed by atoms with Crippen molar-refractivity contribution < 1.29 is 24.5 Å². The van der Waals surface area contributed by atoms with E-state index in [0.717, 1.165) is 10.6 Å². The lowest BCUT2D eigenvalue weighted by Crippen LogP contribution is -2.82. The smallest absolute Gasteiger partial charge is 0.310 e. The lowest BCUT2D eigenvalue weighted by molar-refractivity contribution is -0.484. The number of carbonyl (C=O) groups is 4. The standard InChI is InChI=1S/C26H32N6O5/c1-17(27)23(33)28-18(2)25(35)31-15-9-14-22(31)24(34)29-21(16-19-10-5-3-6-11-19)26(36)32(30-37)20-12-7-4-8-13-20/h3-8,10-13,17-18,21-22H,9,14-16,27H2,1-2H3,(H,28,33)(H,29,34)/p+1/t17-,18-,21-,22-/m0/s1. The Kier molecular flexibility index (Phi) is 9.45. The van der Waals surface area contributed by atoms with E-state index in [4.69, 9.17) is 5.73 Å². The summed E-state index contributed by atoms with van der Waals surface area (Å²) in [6.07, 6.45) is 1.13. The van der Waals surface area contributed by atoms with Crippen molar-refractivity contribution in [2.45, 2.75) is 57.3 Å². The predicted molar refractivity (Wildman–Crippen MR) is 136 cm³/mol. The second-order valence-corrected chi connectivity index (χ2v) is 9.06. The Morgan fingerprint density at radius 3 is 2.24 bits per heavy atom. The van der Waals surface area contributed by atoms with Crippen LogP contribution in [-0.2, 0) is 25.6 Å². The monoisotopic (exact) mass is 509 g/mol. The Balaban J connectivity index is 1.79. The highest BCUT2D eigenvalue weighted by Gasteiger charge is 2.39. The highest BCUT2D eigenvalue weighted by molar-refractivity contribution is 5.99. The van der Waals surface area contributed by atoms with Crippen LogP contribution in [0.25, 0.3) is 0 Å². The number of nitroso groups, excluding NO2 is 1. The minimum absolute atomic E-state index is 0.137. The highest BCUT2D eigenvalue weighted by Crippen LogP contribution is 2.20. The van der Waals surface area contributed by atoms with Crippen molar-refractivity contribution in [2.24, 2.45) is 5.73 Å². The molecule has 2 aromatic rings. The molecule has 0 unspecified atom stereocenters. The molecule has 37 heavy (non-hydrogen) atoms. The van der Waals surface area contributed by atoms with Gasteiger partial charge in [0, 0.05) is 17.9 Å². The summed E-state index contributed by atoms with van der Waals surface area (Å²) in [7, 11) is 0. The van der Waals surface area contributed by atoms with Gasteiger partial charge in [-0.1, -0.05) is 48.5 Å². The van der Waals surface area contributed by atoms with Crippen LogP contribution in [0.1, 0.15) is 32.3 Å². The third-order valence-corrected chi connectivity index (χ3v) is 6.20. The molecule has 0 spiro atoms. The average molecular weight is 510 g/mol. The lowest BCUT2D eigenvalue weighted by Gasteiger charge is -2.29. The Morgan fingerprint density at radius 1 is 1.03 bits per heavy atom. The average Bonchev–Trinajstić information content (AvgIpc) is 3.39. The predicted octanol–water partition coefficient (Wildman–Crippen LogP) is -0.648. The van der Waals surface area contributed by atoms with Gasteiger partial charge >= 0.3 is 5.91 Å². The number of nitrogens with one attached hydrogen (secondary N) is 3. The van der Waals surface area contributed by atoms with Crippen LogP contribution >= 0.6 is 0 Å². The summed E-state index contributed by atoms with van der Waals surface area (Å²) in [5.41, 5.74) is 6.68. The zero-order valence-electron chi connectivity index (χ0n) is 20.9. The van der Waals surface area contributed by atoms with Crippen LogP contribution < -0.4 is 26.7 Å². The molecule has 0 aliphatic carbocycles. The Hall–Kier alpha value is -4.12. The first-order valence-corrected chi connectivity index (χ1v) is 12.2. The Morgan fingerprint density at radius 2 is 1.65 bits per heavy atom. The Labute approximate surface area is 215 Å². The van der Waals surface area contributed by atoms with E-state index in [1.807, 2.05) is 30.3 Å². The quantitative estimate of drug-likeness (QED) is 0.312. The molecule has 4 amide bonds. The molecule has 1 fully saturated rings. The largest absolute Gasteiger partial charge is 0.343 e. The van der Waals surface area contributed by atoms with E-state index in [2.05, 4.69) is 10.6 Å². The van der Waals surface area contributed by atoms with Crippen LogP contribution in [0.3, 0.4) is 0 Å². The third-order valence-electron chi connectivity index (χ3n) is 6.20. The summed E-state index contributed by atoms with van der Waals surface area (Å²) in [6, 6.07) is 13.9. The molecule has 0 radical (unpaired) electrons. The first-order chi connectivity index (χ1) is 17.7. The molecule has 1 heterocycles. The number of para-hydroxylation sites is 1. The van der Waals surface area contributed by atoms with Crippen LogP contribution in [0.15, 0.2) is 60.7 Å². The van der Waals surface area contributed by atoms with Crippen molar-refractivity contribution in [2.75, 3.05) is 11.6 Å². The fourth-order valence-corrected chi connectivity index (χ4v) is 4.23. The number of benzene rings is 2. The summed E-state index contributed by atoms with van der Waals surface area (Å²) in [4.78, 5) is 65.0. The van der Waals surface area contributed by atoms with E-state index in [-0.39, 0.29) is 6.42 Å². The van der Waals surface area contributed by atoms with Crippen molar-refractivity contribution in [1.29, 1.82) is 0 Å². The fraction of sp³-hybridized carbons (Fsp3) is 0.385. The van der Waals surface area contributed by atoms with Crippen LogP contribution in [0, 0.1) is 4.91 Å². The topological polar surface area (TPSA) is 156 Å². The molecule has 1 aliphatic heterocycles. The van der Waals surface area contributed by atoms with Crippen molar-refractivity contribution in [3.05, 3.63) is 71.1 Å². The summed E-state index contributed by atoms with van der Waals surface area (Å²) >= 11 is 0. The molecule has 4 atom stereocenters. The SMILES string of the molecule is C[C@H](N)C(=O)N[C@@H](C)C(=O)N1CCC[C@H]1C(=O)N[C@@H](Cc1ccccc1)C(=O)N([NH+]=O)c1ccccc1. The minimum Gasteiger partial charge on any atom is -0.343 e. The van der Waals surface area contributed by atoms with E-state index in [9.17, 15) is 24.1 Å². The number of amides is 4. The number of anilines is 1. The molecule has 0 saturated carbocycles. The van der Waals surface area contributed by atoms with Gasteiger partial charge in [0.2, 0.25) is 17.7 Å². The van der Waals surface area contributed by atoms with Gasteiger partial charge in [0.1, 0.15) is 29.1 Å². The zero-order valence-corrected chi connectivity index (χ0v) is 20.9. The molecular formula is C26H33N6O5+. The molecule has 1 saturated heterocycles. The van der Waals surface area contributed by atoms with E-state index >= 15 is 0 Å². The van der Waals surface area contributed by atoms with Crippen molar-refractivity contribution in [3.8, 4) is 0 Å². The van der Waals surface area contributed by atoms with E-state index < -0.39 is 47.8 Å². The van der Waals surface area contributed by atoms with Gasteiger partial charge in [0.25, 0.3) is 0 Å². The van der Waals surface area contributed by atoms with Gasteiger partial charge in [0.05, 0.1) is 6.04 Å². The van der Waals surface area contributed by atoms with Gasteiger partial charge in [-0.2, -0.15) is 0 Å². The molecule has 3 rings (SSSR count). The summed E-state index contributed by atoms with van der Waals surface area (Å²) in [5.74, 6) is -2.04. The molecule has 196 valence electrons. The second kappa shape index (κ2) is 12.7. The van der Waals surface area contributed by atoms with E-state index in [1.165, 1.54) is 18.7 Å². The number of nitrogens with zero attached hydrogens (tertiary/aromatic N) is 2. The van der Waals surface area contributed by atoms with Crippen LogP contribution in [0.5, 0.6) is 0 Å². The lowest BCUT2D eigenvalue weighted by atomic mass is 10.0. The first kappa shape index (κ1) is 27.5. The number of carbonyl (C=O) groups excluding carboxylic acids is 4. The number of hydrogen-bond acceptors (Lipinski definition) is 6. The maximum absolute atomic E-state index is 13.4. The van der Waals surface area contributed by atoms with Crippen LogP contribution in [-0.4, -0.2) is 59.2 Å². The number of hydrogen-bond donors (Lipinski definition) is 4. The molecule has 11 nitrogen and oxygen atoms in total. The summed E-state index contributed by atoms with van der Waals surface area (Å²) in [6.45, 7) is 3.39. The first-order valence-electron chi connectivity index (χ1n) is 12.2. The highest BCUT2D eigenvalue weighted by atomic mass is 16.3. The normalized spacial score (nSPS) is 17.3. The summed E-state index contributed by atoms with van der Waals surface area (Å²) in [5, 5.41) is 7.83. The molecule has 1 aliphatic rings. The Bertz CT molecular complexity index is 1110. The van der Waals surface area contributed by atoms with Crippen molar-refractivity contribution >= 4 is 29.3 Å². The van der Waals surface area contributed by atoms with Gasteiger partial charge in [-0.3, -0.25) is 19.2 Å². The molecule has 5 N–H and O–H groups in total. The van der Waals surface area contributed by atoms with Gasteiger partial charge in [-0.15, -0.1) is 0 Å². The van der Waals surface area contributed by atoms with Crippen molar-refractivity contribution in [1.82, 2.24) is 15.5 Å². The van der Waals surface area contributed by atoms with Gasteiger partial charge in [0.15, 0.2) is 0 Å². The molecule has 0 aromatic heterocycles. The van der Waals surface area contributed by atoms with Gasteiger partial charge in [-0.25, -0.2) is 0 Å². The molecule has 0 bridgehead atoms. The second-order valence-electron chi connectivity index (χ2n) is 9.06. The third kappa shape index (κ3) is 6.98. The van der Waals surface area contributed by atoms with Gasteiger partial charge in [-0.05, 0) is 49.4 Å². The zero-order chi connectivity index (χ0) is 26.9. The van der Waals surface area contributed by atoms with Gasteiger partial charge < -0.3 is 21.3 Å². The van der Waals surface area contributed by atoms with Crippen molar-refractivity contribution in [3.63, 3.8) is 0 Å².